The molecule has 15 heavy (non-hydrogen) atoms. The summed E-state index contributed by atoms with van der Waals surface area (Å²) < 4.78 is 7.77. The molecule has 0 unspecified atom stereocenters. The molecule has 86 valence electrons. The van der Waals surface area contributed by atoms with Gasteiger partial charge in [0.2, 0.25) is 0 Å². The molecular formula is C10H20N3PS. The number of nitrogens with zero attached hydrogens (tertiary/aromatic N) is 3. The van der Waals surface area contributed by atoms with Crippen LogP contribution in [0.3, 0.4) is 0 Å². The maximum Gasteiger partial charge on any atom is 0.145 e. The van der Waals surface area contributed by atoms with Crippen molar-refractivity contribution in [1.29, 1.82) is 0 Å². The first-order valence-corrected chi connectivity index (χ1v) is 8.84. The van der Waals surface area contributed by atoms with Crippen molar-refractivity contribution in [2.45, 2.75) is 25.7 Å². The van der Waals surface area contributed by atoms with Crippen LogP contribution in [0.15, 0.2) is 0 Å². The molecule has 0 bridgehead atoms. The molecule has 3 aliphatic rings. The molecule has 0 atom stereocenters. The quantitative estimate of drug-likeness (QED) is 0.553. The second-order valence-corrected chi connectivity index (χ2v) is 8.98. The predicted octanol–water partition coefficient (Wildman–Crippen LogP) is 1.72. The maximum absolute atomic E-state index is 6.04. The summed E-state index contributed by atoms with van der Waals surface area (Å²) >= 11 is 6.04. The van der Waals surface area contributed by atoms with Gasteiger partial charge in [-0.25, -0.2) is 9.34 Å². The van der Waals surface area contributed by atoms with Crippen LogP contribution in [-0.2, 0) is 11.8 Å². The van der Waals surface area contributed by atoms with E-state index in [1.165, 1.54) is 65.0 Å². The SMILES string of the molecule is S=P(N1CCCCCC1)(N1CC1)N1CC1. The second kappa shape index (κ2) is 4.08. The number of hydrogen-bond acceptors (Lipinski definition) is 1. The lowest BCUT2D eigenvalue weighted by atomic mass is 10.2. The molecule has 0 aliphatic carbocycles. The standard InChI is InChI=1S/C10H20N3PS/c15-14(12-7-8-12,13-9-10-13)11-5-3-1-2-4-6-11/h1-10H2. The molecule has 0 amide bonds. The van der Waals surface area contributed by atoms with Crippen LogP contribution in [0, 0.1) is 0 Å². The number of hydrogen-bond donors (Lipinski definition) is 0. The highest BCUT2D eigenvalue weighted by atomic mass is 32.4. The third kappa shape index (κ3) is 2.03. The van der Waals surface area contributed by atoms with E-state index in [9.17, 15) is 0 Å². The van der Waals surface area contributed by atoms with Crippen molar-refractivity contribution in [2.75, 3.05) is 39.3 Å². The number of rotatable bonds is 3. The zero-order valence-electron chi connectivity index (χ0n) is 9.27. The van der Waals surface area contributed by atoms with Crippen LogP contribution in [0.2, 0.25) is 0 Å². The Morgan fingerprint density at radius 1 is 0.600 bits per heavy atom. The minimum absolute atomic E-state index is 1.25. The van der Waals surface area contributed by atoms with Crippen molar-refractivity contribution in [3.05, 3.63) is 0 Å². The Hall–Kier alpha value is 0.530. The van der Waals surface area contributed by atoms with Gasteiger partial charge in [0.25, 0.3) is 0 Å². The molecule has 0 spiro atoms. The minimum Gasteiger partial charge on any atom is -0.252 e. The third-order valence-electron chi connectivity index (χ3n) is 3.54. The molecule has 3 nitrogen and oxygen atoms in total. The average Bonchev–Trinajstić information content (AvgIpc) is 3.13. The lowest BCUT2D eigenvalue weighted by Gasteiger charge is -2.36. The Morgan fingerprint density at radius 3 is 1.40 bits per heavy atom. The van der Waals surface area contributed by atoms with Crippen molar-refractivity contribution >= 4 is 18.3 Å². The van der Waals surface area contributed by atoms with Crippen molar-refractivity contribution < 1.29 is 0 Å². The zero-order chi connectivity index (χ0) is 10.3. The second-order valence-electron chi connectivity index (χ2n) is 4.79. The largest absolute Gasteiger partial charge is 0.252 e. The van der Waals surface area contributed by atoms with Gasteiger partial charge in [0, 0.05) is 39.3 Å². The topological polar surface area (TPSA) is 9.26 Å². The van der Waals surface area contributed by atoms with Crippen molar-refractivity contribution in [2.24, 2.45) is 0 Å². The molecule has 3 heterocycles. The molecule has 0 aromatic carbocycles. The van der Waals surface area contributed by atoms with E-state index < -0.39 is 6.49 Å². The van der Waals surface area contributed by atoms with Gasteiger partial charge in [-0.15, -0.1) is 0 Å². The van der Waals surface area contributed by atoms with Crippen LogP contribution >= 0.6 is 6.49 Å². The molecule has 5 heteroatoms. The summed E-state index contributed by atoms with van der Waals surface area (Å²) in [6.45, 7) is 6.11. The molecule has 0 aromatic rings. The van der Waals surface area contributed by atoms with Crippen molar-refractivity contribution in [3.8, 4) is 0 Å². The van der Waals surface area contributed by atoms with Gasteiger partial charge in [0.1, 0.15) is 6.49 Å². The van der Waals surface area contributed by atoms with E-state index in [4.69, 9.17) is 11.8 Å². The van der Waals surface area contributed by atoms with E-state index in [-0.39, 0.29) is 0 Å². The fourth-order valence-electron chi connectivity index (χ4n) is 2.46. The minimum atomic E-state index is -1.41. The summed E-state index contributed by atoms with van der Waals surface area (Å²) in [5.41, 5.74) is 0. The van der Waals surface area contributed by atoms with Gasteiger partial charge >= 0.3 is 0 Å². The molecule has 3 fully saturated rings. The Morgan fingerprint density at radius 2 is 1.00 bits per heavy atom. The van der Waals surface area contributed by atoms with Gasteiger partial charge in [0.15, 0.2) is 0 Å². The fraction of sp³-hybridized carbons (Fsp3) is 1.00. The van der Waals surface area contributed by atoms with Crippen molar-refractivity contribution in [3.63, 3.8) is 0 Å². The van der Waals surface area contributed by atoms with Crippen LogP contribution in [0.1, 0.15) is 25.7 Å². The lowest BCUT2D eigenvalue weighted by Crippen LogP contribution is -2.28. The third-order valence-corrected chi connectivity index (χ3v) is 9.02. The van der Waals surface area contributed by atoms with E-state index in [1.54, 1.807) is 0 Å². The average molecular weight is 245 g/mol. The highest BCUT2D eigenvalue weighted by Crippen LogP contribution is 2.63. The van der Waals surface area contributed by atoms with Crippen LogP contribution in [0.5, 0.6) is 0 Å². The summed E-state index contributed by atoms with van der Waals surface area (Å²) in [6.07, 6.45) is 5.54. The van der Waals surface area contributed by atoms with Gasteiger partial charge < -0.3 is 0 Å². The summed E-state index contributed by atoms with van der Waals surface area (Å²) in [5.74, 6) is 0. The Bertz CT molecular complexity index is 264. The Kier molecular flexibility index (Phi) is 2.90. The van der Waals surface area contributed by atoms with Gasteiger partial charge in [-0.05, 0) is 24.6 Å². The van der Waals surface area contributed by atoms with Gasteiger partial charge in [-0.2, -0.15) is 0 Å². The highest BCUT2D eigenvalue weighted by molar-refractivity contribution is 8.11. The maximum atomic E-state index is 6.04. The molecule has 0 radical (unpaired) electrons. The van der Waals surface area contributed by atoms with E-state index >= 15 is 0 Å². The normalized spacial score (nSPS) is 30.1. The summed E-state index contributed by atoms with van der Waals surface area (Å²) in [5, 5.41) is 0. The fourth-order valence-corrected chi connectivity index (χ4v) is 7.03. The van der Waals surface area contributed by atoms with Gasteiger partial charge in [-0.3, -0.25) is 4.67 Å². The van der Waals surface area contributed by atoms with Crippen LogP contribution in [0.4, 0.5) is 0 Å². The monoisotopic (exact) mass is 245 g/mol. The first-order valence-electron chi connectivity index (χ1n) is 6.18. The van der Waals surface area contributed by atoms with E-state index in [2.05, 4.69) is 14.0 Å². The molecule has 3 aliphatic heterocycles. The van der Waals surface area contributed by atoms with Crippen molar-refractivity contribution in [1.82, 2.24) is 14.0 Å². The smallest absolute Gasteiger partial charge is 0.145 e. The lowest BCUT2D eigenvalue weighted by molar-refractivity contribution is 0.437. The molecule has 3 saturated heterocycles. The van der Waals surface area contributed by atoms with E-state index in [0.29, 0.717) is 0 Å². The molecule has 3 rings (SSSR count). The molecule has 0 N–H and O–H groups in total. The Balaban J connectivity index is 1.77. The highest BCUT2D eigenvalue weighted by Gasteiger charge is 2.47. The van der Waals surface area contributed by atoms with Gasteiger partial charge in [0.05, 0.1) is 0 Å². The zero-order valence-corrected chi connectivity index (χ0v) is 11.0. The first-order chi connectivity index (χ1) is 7.32. The molecule has 0 saturated carbocycles. The summed E-state index contributed by atoms with van der Waals surface area (Å²) in [7, 11) is 0. The first kappa shape index (κ1) is 10.7. The molecule has 0 aromatic heterocycles. The summed E-state index contributed by atoms with van der Waals surface area (Å²) in [4.78, 5) is 0. The molecular weight excluding hydrogens is 225 g/mol. The van der Waals surface area contributed by atoms with E-state index in [0.717, 1.165) is 0 Å². The summed E-state index contributed by atoms with van der Waals surface area (Å²) in [6, 6.07) is 0. The Labute approximate surface area is 97.6 Å². The van der Waals surface area contributed by atoms with Crippen LogP contribution in [-0.4, -0.2) is 53.3 Å². The van der Waals surface area contributed by atoms with Gasteiger partial charge in [-0.1, -0.05) is 12.8 Å². The van der Waals surface area contributed by atoms with Crippen LogP contribution < -0.4 is 0 Å². The predicted molar refractivity (Wildman–Crippen MR) is 67.5 cm³/mol. The van der Waals surface area contributed by atoms with E-state index in [1.807, 2.05) is 0 Å². The van der Waals surface area contributed by atoms with Crippen LogP contribution in [0.25, 0.3) is 0 Å².